The Labute approximate surface area is 131 Å². The zero-order chi connectivity index (χ0) is 16.7. The van der Waals surface area contributed by atoms with Gasteiger partial charge in [0.05, 0.1) is 11.3 Å². The number of hydrogen-bond acceptors (Lipinski definition) is 4. The van der Waals surface area contributed by atoms with Crippen molar-refractivity contribution in [3.8, 4) is 0 Å². The maximum Gasteiger partial charge on any atom is 0.266 e. The summed E-state index contributed by atoms with van der Waals surface area (Å²) in [4.78, 5) is 8.49. The van der Waals surface area contributed by atoms with Crippen molar-refractivity contribution >= 4 is 5.82 Å². The molecule has 0 aliphatic carbocycles. The number of aromatic nitrogens is 2. The lowest BCUT2D eigenvalue weighted by Crippen LogP contribution is -2.20. The molecule has 1 aromatic carbocycles. The van der Waals surface area contributed by atoms with E-state index in [1.165, 1.54) is 12.1 Å². The van der Waals surface area contributed by atoms with Gasteiger partial charge in [0.2, 0.25) is 0 Å². The van der Waals surface area contributed by atoms with Gasteiger partial charge in [-0.3, -0.25) is 0 Å². The average Bonchev–Trinajstić information content (AvgIpc) is 2.90. The van der Waals surface area contributed by atoms with Crippen LogP contribution in [-0.2, 0) is 6.54 Å². The number of anilines is 1. The number of hydrogen-bond donors (Lipinski definition) is 2. The van der Waals surface area contributed by atoms with E-state index in [0.29, 0.717) is 18.2 Å². The third-order valence-electron chi connectivity index (χ3n) is 4.25. The number of nitrogens with two attached hydrogens (primary N) is 1. The van der Waals surface area contributed by atoms with E-state index in [1.54, 1.807) is 13.8 Å². The van der Waals surface area contributed by atoms with Crippen LogP contribution in [0.5, 0.6) is 0 Å². The molecule has 122 valence electrons. The molecule has 3 N–H and O–H groups in total. The Morgan fingerprint density at radius 1 is 1.26 bits per heavy atom. The number of rotatable bonds is 3. The zero-order valence-electron chi connectivity index (χ0n) is 12.8. The molecule has 0 spiro atoms. The summed E-state index contributed by atoms with van der Waals surface area (Å²) in [5, 5.41) is 3.23. The second-order valence-electron chi connectivity index (χ2n) is 5.71. The molecule has 7 heteroatoms. The topological polar surface area (TPSA) is 63.8 Å². The van der Waals surface area contributed by atoms with Crippen LogP contribution in [0.3, 0.4) is 0 Å². The minimum Gasteiger partial charge on any atom is -0.383 e. The van der Waals surface area contributed by atoms with E-state index in [1.807, 2.05) is 0 Å². The molecule has 0 radical (unpaired) electrons. The van der Waals surface area contributed by atoms with Crippen LogP contribution in [0.25, 0.3) is 0 Å². The van der Waals surface area contributed by atoms with Crippen LogP contribution in [0.15, 0.2) is 18.2 Å². The van der Waals surface area contributed by atoms with Crippen LogP contribution < -0.4 is 11.1 Å². The largest absolute Gasteiger partial charge is 0.383 e. The number of halogens is 3. The van der Waals surface area contributed by atoms with Crippen LogP contribution in [0, 0.1) is 12.7 Å². The molecule has 0 saturated carbocycles. The molecule has 4 nitrogen and oxygen atoms in total. The van der Waals surface area contributed by atoms with Crippen molar-refractivity contribution < 1.29 is 13.2 Å². The summed E-state index contributed by atoms with van der Waals surface area (Å²) in [5.41, 5.74) is 7.14. The molecule has 3 rings (SSSR count). The van der Waals surface area contributed by atoms with Crippen molar-refractivity contribution in [2.24, 2.45) is 0 Å². The highest BCUT2D eigenvalue weighted by molar-refractivity contribution is 5.49. The Hall–Kier alpha value is -2.15. The summed E-state index contributed by atoms with van der Waals surface area (Å²) < 4.78 is 40.2. The Morgan fingerprint density at radius 3 is 2.65 bits per heavy atom. The minimum atomic E-state index is -2.85. The number of nitrogen functional groups attached to an aromatic ring is 1. The van der Waals surface area contributed by atoms with Crippen LogP contribution in [-0.4, -0.2) is 9.97 Å². The molecular weight excluding hydrogens is 305 g/mol. The molecule has 1 aliphatic heterocycles. The highest BCUT2D eigenvalue weighted by Crippen LogP contribution is 2.40. The van der Waals surface area contributed by atoms with Gasteiger partial charge in [0.1, 0.15) is 17.5 Å². The van der Waals surface area contributed by atoms with Gasteiger partial charge in [-0.25, -0.2) is 23.1 Å². The van der Waals surface area contributed by atoms with Crippen LogP contribution in [0.2, 0.25) is 0 Å². The first kappa shape index (κ1) is 15.7. The third kappa shape index (κ3) is 2.65. The predicted molar refractivity (Wildman–Crippen MR) is 80.5 cm³/mol. The highest BCUT2D eigenvalue weighted by Gasteiger charge is 2.33. The van der Waals surface area contributed by atoms with Crippen molar-refractivity contribution in [3.63, 3.8) is 0 Å². The number of nitrogens with zero attached hydrogens (tertiary/aromatic N) is 2. The Morgan fingerprint density at radius 2 is 1.96 bits per heavy atom. The molecule has 0 amide bonds. The quantitative estimate of drug-likeness (QED) is 0.909. The van der Waals surface area contributed by atoms with Crippen molar-refractivity contribution in [2.75, 3.05) is 5.73 Å². The first-order chi connectivity index (χ1) is 10.9. The first-order valence-corrected chi connectivity index (χ1v) is 7.33. The van der Waals surface area contributed by atoms with E-state index in [-0.39, 0.29) is 17.5 Å². The lowest BCUT2D eigenvalue weighted by atomic mass is 9.88. The number of alkyl halides is 2. The first-order valence-electron chi connectivity index (χ1n) is 7.33. The minimum absolute atomic E-state index is 0.230. The lowest BCUT2D eigenvalue weighted by Gasteiger charge is -2.23. The lowest BCUT2D eigenvalue weighted by molar-refractivity contribution is 0.146. The van der Waals surface area contributed by atoms with E-state index in [2.05, 4.69) is 15.3 Å². The number of aryl methyl sites for hydroxylation is 1. The highest BCUT2D eigenvalue weighted by atomic mass is 19.3. The van der Waals surface area contributed by atoms with Gasteiger partial charge in [-0.2, -0.15) is 0 Å². The second-order valence-corrected chi connectivity index (χ2v) is 5.71. The normalized spacial score (nSPS) is 18.3. The van der Waals surface area contributed by atoms with E-state index in [0.717, 1.165) is 17.3 Å². The van der Waals surface area contributed by atoms with E-state index in [4.69, 9.17) is 5.73 Å². The molecule has 2 atom stereocenters. The molecule has 2 heterocycles. The SMILES string of the molecule is Cc1nc(N)c2c(n1)CN[C@@H]2C(C)c1cccc(C(F)F)c1F. The second kappa shape index (κ2) is 5.81. The monoisotopic (exact) mass is 322 g/mol. The van der Waals surface area contributed by atoms with Gasteiger partial charge in [0, 0.05) is 24.1 Å². The van der Waals surface area contributed by atoms with Gasteiger partial charge in [-0.05, 0) is 12.5 Å². The molecule has 0 bridgehead atoms. The Bertz CT molecular complexity index is 748. The molecular formula is C16H17F3N4. The van der Waals surface area contributed by atoms with Crippen LogP contribution in [0.1, 0.15) is 53.5 Å². The fourth-order valence-corrected chi connectivity index (χ4v) is 3.14. The fourth-order valence-electron chi connectivity index (χ4n) is 3.14. The summed E-state index contributed by atoms with van der Waals surface area (Å²) in [6.07, 6.45) is -2.85. The van der Waals surface area contributed by atoms with Gasteiger partial charge in [0.15, 0.2) is 0 Å². The van der Waals surface area contributed by atoms with E-state index >= 15 is 0 Å². The zero-order valence-corrected chi connectivity index (χ0v) is 12.8. The van der Waals surface area contributed by atoms with Gasteiger partial charge in [-0.1, -0.05) is 25.1 Å². The van der Waals surface area contributed by atoms with Crippen LogP contribution in [0.4, 0.5) is 19.0 Å². The van der Waals surface area contributed by atoms with Crippen molar-refractivity contribution in [2.45, 2.75) is 38.8 Å². The molecule has 1 aromatic heterocycles. The summed E-state index contributed by atoms with van der Waals surface area (Å²) in [5.74, 6) is -0.331. The molecule has 23 heavy (non-hydrogen) atoms. The Balaban J connectivity index is 2.01. The van der Waals surface area contributed by atoms with Gasteiger partial charge < -0.3 is 11.1 Å². The van der Waals surface area contributed by atoms with Crippen LogP contribution >= 0.6 is 0 Å². The fraction of sp³-hybridized carbons (Fsp3) is 0.375. The van der Waals surface area contributed by atoms with Crippen molar-refractivity contribution in [1.82, 2.24) is 15.3 Å². The molecule has 1 unspecified atom stereocenters. The standard InChI is InChI=1S/C16H17F3N4/c1-7(9-4-3-5-10(13(9)17)15(18)19)14-12-11(6-21-14)22-8(2)23-16(12)20/h3-5,7,14-15,21H,6H2,1-2H3,(H2,20,22,23)/t7?,14-/m1/s1. The third-order valence-corrected chi connectivity index (χ3v) is 4.25. The average molecular weight is 322 g/mol. The maximum atomic E-state index is 14.4. The maximum absolute atomic E-state index is 14.4. The number of benzene rings is 1. The van der Waals surface area contributed by atoms with Crippen molar-refractivity contribution in [3.05, 3.63) is 52.2 Å². The summed E-state index contributed by atoms with van der Waals surface area (Å²) in [6.45, 7) is 4.02. The molecule has 1 aliphatic rings. The van der Waals surface area contributed by atoms with E-state index < -0.39 is 17.8 Å². The molecule has 0 fully saturated rings. The summed E-state index contributed by atoms with van der Waals surface area (Å²) >= 11 is 0. The Kier molecular flexibility index (Phi) is 3.97. The van der Waals surface area contributed by atoms with Gasteiger partial charge >= 0.3 is 0 Å². The number of fused-ring (bicyclic) bond motifs is 1. The predicted octanol–water partition coefficient (Wildman–Crippen LogP) is 3.39. The number of nitrogens with one attached hydrogen (secondary N) is 1. The van der Waals surface area contributed by atoms with E-state index in [9.17, 15) is 13.2 Å². The van der Waals surface area contributed by atoms with Gasteiger partial charge in [-0.15, -0.1) is 0 Å². The molecule has 0 saturated heterocycles. The summed E-state index contributed by atoms with van der Waals surface area (Å²) in [6, 6.07) is 3.76. The smallest absolute Gasteiger partial charge is 0.266 e. The van der Waals surface area contributed by atoms with Crippen molar-refractivity contribution in [1.29, 1.82) is 0 Å². The van der Waals surface area contributed by atoms with Gasteiger partial charge in [0.25, 0.3) is 6.43 Å². The molecule has 2 aromatic rings. The summed E-state index contributed by atoms with van der Waals surface area (Å²) in [7, 11) is 0.